The Balaban J connectivity index is 1.46. The minimum Gasteiger partial charge on any atom is -0.476 e. The number of aromatic nitrogens is 2. The number of nitrogens with one attached hydrogen (secondary N) is 2. The number of likely N-dealkylation sites (tertiary alicyclic amines) is 1. The van der Waals surface area contributed by atoms with Crippen molar-refractivity contribution in [2.45, 2.75) is 19.8 Å². The van der Waals surface area contributed by atoms with Gasteiger partial charge in [-0.25, -0.2) is 9.78 Å². The van der Waals surface area contributed by atoms with Crippen molar-refractivity contribution in [3.8, 4) is 5.88 Å². The molecule has 1 aliphatic rings. The standard InChI is InChI=1S/C21H24N6O3S/c1-2-10-22-11-4-8-19-24-17(15-31-19)26-21(29)25-16-6-3-7-18(23-16)30-14-13-27-12-5-9-20(27)28/h2-4,6-8,10-11,15H,5,9,12-14H2,1H3,(H2,23,25,26,29)/b8-4+,10-2-,22-11-. The number of hydrogen-bond acceptors (Lipinski definition) is 7. The van der Waals surface area contributed by atoms with E-state index in [2.05, 4.69) is 25.6 Å². The van der Waals surface area contributed by atoms with Crippen LogP contribution in [0, 0.1) is 0 Å². The highest BCUT2D eigenvalue weighted by Crippen LogP contribution is 2.17. The summed E-state index contributed by atoms with van der Waals surface area (Å²) in [5, 5.41) is 7.82. The first-order valence-corrected chi connectivity index (χ1v) is 10.7. The summed E-state index contributed by atoms with van der Waals surface area (Å²) in [7, 11) is 0. The smallest absolute Gasteiger partial charge is 0.326 e. The first kappa shape index (κ1) is 22.2. The molecule has 31 heavy (non-hydrogen) atoms. The maximum Gasteiger partial charge on any atom is 0.326 e. The molecule has 10 heteroatoms. The van der Waals surface area contributed by atoms with Crippen molar-refractivity contribution in [1.29, 1.82) is 0 Å². The molecule has 0 saturated carbocycles. The van der Waals surface area contributed by atoms with Crippen molar-refractivity contribution in [1.82, 2.24) is 14.9 Å². The highest BCUT2D eigenvalue weighted by molar-refractivity contribution is 7.10. The van der Waals surface area contributed by atoms with Crippen molar-refractivity contribution in [2.75, 3.05) is 30.3 Å². The molecule has 3 amide bonds. The van der Waals surface area contributed by atoms with Gasteiger partial charge in [0, 0.05) is 36.8 Å². The van der Waals surface area contributed by atoms with Crippen LogP contribution in [-0.4, -0.2) is 52.7 Å². The Labute approximate surface area is 184 Å². The average Bonchev–Trinajstić information content (AvgIpc) is 3.37. The van der Waals surface area contributed by atoms with Crippen LogP contribution in [0.5, 0.6) is 5.88 Å². The number of hydrogen-bond donors (Lipinski definition) is 2. The molecule has 2 aromatic rings. The normalized spacial score (nSPS) is 14.2. The fraction of sp³-hybridized carbons (Fsp3) is 0.286. The molecule has 9 nitrogen and oxygen atoms in total. The Kier molecular flexibility index (Phi) is 8.29. The molecule has 0 spiro atoms. The highest BCUT2D eigenvalue weighted by Gasteiger charge is 2.19. The van der Waals surface area contributed by atoms with Crippen LogP contribution in [0.25, 0.3) is 6.08 Å². The van der Waals surface area contributed by atoms with Crippen LogP contribution < -0.4 is 15.4 Å². The molecule has 3 rings (SSSR count). The number of anilines is 2. The Morgan fingerprint density at radius 3 is 3.00 bits per heavy atom. The topological polar surface area (TPSA) is 109 Å². The number of amides is 3. The minimum absolute atomic E-state index is 0.158. The molecule has 0 aliphatic carbocycles. The van der Waals surface area contributed by atoms with Gasteiger partial charge in [-0.3, -0.25) is 20.4 Å². The van der Waals surface area contributed by atoms with Gasteiger partial charge >= 0.3 is 6.03 Å². The Morgan fingerprint density at radius 1 is 1.32 bits per heavy atom. The molecule has 3 heterocycles. The van der Waals surface area contributed by atoms with Crippen molar-refractivity contribution in [3.63, 3.8) is 0 Å². The van der Waals surface area contributed by atoms with E-state index in [0.29, 0.717) is 37.1 Å². The fourth-order valence-corrected chi connectivity index (χ4v) is 3.41. The van der Waals surface area contributed by atoms with Crippen LogP contribution in [-0.2, 0) is 4.79 Å². The molecule has 2 aromatic heterocycles. The van der Waals surface area contributed by atoms with Gasteiger partial charge in [0.25, 0.3) is 0 Å². The molecule has 1 fully saturated rings. The van der Waals surface area contributed by atoms with E-state index in [4.69, 9.17) is 4.74 Å². The zero-order chi connectivity index (χ0) is 21.9. The van der Waals surface area contributed by atoms with Gasteiger partial charge in [0.15, 0.2) is 0 Å². The zero-order valence-electron chi connectivity index (χ0n) is 17.2. The summed E-state index contributed by atoms with van der Waals surface area (Å²) in [6.07, 6.45) is 10.3. The molecule has 0 bridgehead atoms. The van der Waals surface area contributed by atoms with Crippen molar-refractivity contribution >= 4 is 47.2 Å². The molecule has 2 N–H and O–H groups in total. The van der Waals surface area contributed by atoms with E-state index in [1.165, 1.54) is 11.3 Å². The maximum atomic E-state index is 12.2. The average molecular weight is 441 g/mol. The fourth-order valence-electron chi connectivity index (χ4n) is 2.76. The van der Waals surface area contributed by atoms with Gasteiger partial charge in [-0.2, -0.15) is 4.98 Å². The Bertz CT molecular complexity index is 985. The lowest BCUT2D eigenvalue weighted by Crippen LogP contribution is -2.29. The number of allylic oxidation sites excluding steroid dienone is 2. The number of aliphatic imine (C=N–C) groups is 1. The second kappa shape index (κ2) is 11.6. The molecular weight excluding hydrogens is 416 g/mol. The molecule has 0 unspecified atom stereocenters. The number of rotatable bonds is 9. The molecule has 0 atom stereocenters. The van der Waals surface area contributed by atoms with E-state index in [0.717, 1.165) is 18.0 Å². The number of carbonyl (C=O) groups is 2. The van der Waals surface area contributed by atoms with E-state index in [-0.39, 0.29) is 5.91 Å². The molecule has 0 aromatic carbocycles. The Hall–Kier alpha value is -3.53. The van der Waals surface area contributed by atoms with Gasteiger partial charge < -0.3 is 9.64 Å². The molecule has 0 radical (unpaired) electrons. The summed E-state index contributed by atoms with van der Waals surface area (Å²) >= 11 is 1.40. The summed E-state index contributed by atoms with van der Waals surface area (Å²) in [6.45, 7) is 3.54. The third-order valence-electron chi connectivity index (χ3n) is 4.16. The van der Waals surface area contributed by atoms with E-state index in [1.807, 2.05) is 13.0 Å². The highest BCUT2D eigenvalue weighted by atomic mass is 32.1. The predicted octanol–water partition coefficient (Wildman–Crippen LogP) is 3.80. The molecular formula is C21H24N6O3S. The Morgan fingerprint density at radius 2 is 2.19 bits per heavy atom. The van der Waals surface area contributed by atoms with Gasteiger partial charge in [0.1, 0.15) is 23.3 Å². The second-order valence-corrected chi connectivity index (χ2v) is 7.37. The minimum atomic E-state index is -0.456. The summed E-state index contributed by atoms with van der Waals surface area (Å²) in [4.78, 5) is 38.2. The number of urea groups is 1. The van der Waals surface area contributed by atoms with E-state index >= 15 is 0 Å². The lowest BCUT2D eigenvalue weighted by Gasteiger charge is -2.15. The van der Waals surface area contributed by atoms with Crippen LogP contribution >= 0.6 is 11.3 Å². The van der Waals surface area contributed by atoms with Crippen LogP contribution in [0.2, 0.25) is 0 Å². The number of pyridine rings is 1. The quantitative estimate of drug-likeness (QED) is 0.577. The van der Waals surface area contributed by atoms with Crippen molar-refractivity contribution in [2.24, 2.45) is 4.99 Å². The third kappa shape index (κ3) is 7.34. The van der Waals surface area contributed by atoms with Gasteiger partial charge in [-0.1, -0.05) is 12.1 Å². The van der Waals surface area contributed by atoms with Gasteiger partial charge in [0.05, 0.1) is 6.54 Å². The summed E-state index contributed by atoms with van der Waals surface area (Å²) in [6, 6.07) is 4.64. The summed E-state index contributed by atoms with van der Waals surface area (Å²) in [5.74, 6) is 1.33. The van der Waals surface area contributed by atoms with E-state index in [9.17, 15) is 9.59 Å². The lowest BCUT2D eigenvalue weighted by molar-refractivity contribution is -0.128. The largest absolute Gasteiger partial charge is 0.476 e. The SMILES string of the molecule is C\C=C/N=C\C=C\c1nc(NC(=O)Nc2cccc(OCCN3CCCC3=O)n2)cs1. The number of nitrogens with zero attached hydrogens (tertiary/aromatic N) is 4. The third-order valence-corrected chi connectivity index (χ3v) is 4.97. The summed E-state index contributed by atoms with van der Waals surface area (Å²) < 4.78 is 5.61. The van der Waals surface area contributed by atoms with Crippen LogP contribution in [0.1, 0.15) is 24.8 Å². The number of ether oxygens (including phenoxy) is 1. The first-order valence-electron chi connectivity index (χ1n) is 9.86. The van der Waals surface area contributed by atoms with Crippen LogP contribution in [0.4, 0.5) is 16.4 Å². The van der Waals surface area contributed by atoms with E-state index < -0.39 is 6.03 Å². The van der Waals surface area contributed by atoms with E-state index in [1.54, 1.807) is 53.0 Å². The summed E-state index contributed by atoms with van der Waals surface area (Å²) in [5.41, 5.74) is 0. The zero-order valence-corrected chi connectivity index (χ0v) is 18.0. The monoisotopic (exact) mass is 440 g/mol. The van der Waals surface area contributed by atoms with Crippen LogP contribution in [0.3, 0.4) is 0 Å². The molecule has 1 aliphatic heterocycles. The van der Waals surface area contributed by atoms with Gasteiger partial charge in [-0.15, -0.1) is 11.3 Å². The van der Waals surface area contributed by atoms with Crippen molar-refractivity contribution in [3.05, 3.63) is 46.9 Å². The first-order chi connectivity index (χ1) is 15.1. The van der Waals surface area contributed by atoms with Crippen LogP contribution in [0.15, 0.2) is 46.9 Å². The van der Waals surface area contributed by atoms with Gasteiger partial charge in [0.2, 0.25) is 11.8 Å². The maximum absolute atomic E-state index is 12.2. The predicted molar refractivity (Wildman–Crippen MR) is 123 cm³/mol. The number of carbonyl (C=O) groups excluding carboxylic acids is 2. The molecule has 162 valence electrons. The number of thiazole rings is 1. The van der Waals surface area contributed by atoms with Crippen molar-refractivity contribution < 1.29 is 14.3 Å². The molecule has 1 saturated heterocycles. The van der Waals surface area contributed by atoms with Gasteiger partial charge in [-0.05, 0) is 31.6 Å². The second-order valence-electron chi connectivity index (χ2n) is 6.48. The lowest BCUT2D eigenvalue weighted by atomic mass is 10.4.